The third kappa shape index (κ3) is 2.95. The molecule has 0 saturated heterocycles. The van der Waals surface area contributed by atoms with Crippen LogP contribution in [0.1, 0.15) is 13.8 Å². The van der Waals surface area contributed by atoms with E-state index < -0.39 is 7.26 Å². The minimum Gasteiger partial charge on any atom is -0.0878 e. The molecular formula is C23H24P+. The number of hydrogen-bond acceptors (Lipinski definition) is 0. The molecule has 0 aliphatic rings. The predicted molar refractivity (Wildman–Crippen MR) is 109 cm³/mol. The lowest BCUT2D eigenvalue weighted by Gasteiger charge is -2.31. The van der Waals surface area contributed by atoms with Crippen molar-refractivity contribution in [3.63, 3.8) is 0 Å². The Bertz CT molecular complexity index is 679. The summed E-state index contributed by atoms with van der Waals surface area (Å²) in [6.07, 6.45) is 4.55. The standard InChI is InChI=1S/C23H24P/c1-3-13-20(2)24(21-14-7-4-8-15-21,22-16-9-5-10-17-22)23-18-11-6-12-19-23/h3-20H,1-2H3/q+1. The van der Waals surface area contributed by atoms with Crippen LogP contribution in [0, 0.1) is 0 Å². The second-order valence-corrected chi connectivity index (χ2v) is 9.80. The topological polar surface area (TPSA) is 0 Å². The van der Waals surface area contributed by atoms with Crippen LogP contribution < -0.4 is 15.9 Å². The fourth-order valence-corrected chi connectivity index (χ4v) is 8.21. The highest BCUT2D eigenvalue weighted by Gasteiger charge is 2.49. The van der Waals surface area contributed by atoms with Crippen LogP contribution in [-0.4, -0.2) is 5.66 Å². The van der Waals surface area contributed by atoms with Crippen LogP contribution in [0.25, 0.3) is 0 Å². The Morgan fingerprint density at radius 1 is 0.625 bits per heavy atom. The van der Waals surface area contributed by atoms with Crippen LogP contribution in [0.3, 0.4) is 0 Å². The minimum atomic E-state index is -1.75. The normalized spacial score (nSPS) is 13.1. The molecule has 0 nitrogen and oxygen atoms in total. The van der Waals surface area contributed by atoms with Crippen molar-refractivity contribution in [3.05, 3.63) is 103 Å². The summed E-state index contributed by atoms with van der Waals surface area (Å²) in [5.74, 6) is 0. The first-order valence-corrected chi connectivity index (χ1v) is 10.3. The average molecular weight is 331 g/mol. The van der Waals surface area contributed by atoms with Gasteiger partial charge in [-0.3, -0.25) is 0 Å². The maximum atomic E-state index is 2.36. The van der Waals surface area contributed by atoms with Crippen LogP contribution in [-0.2, 0) is 0 Å². The van der Waals surface area contributed by atoms with Gasteiger partial charge in [0.2, 0.25) is 0 Å². The van der Waals surface area contributed by atoms with Crippen molar-refractivity contribution >= 4 is 23.2 Å². The molecule has 3 aromatic rings. The van der Waals surface area contributed by atoms with Gasteiger partial charge in [-0.15, -0.1) is 0 Å². The van der Waals surface area contributed by atoms with Gasteiger partial charge >= 0.3 is 0 Å². The zero-order chi connectivity index (χ0) is 16.8. The highest BCUT2D eigenvalue weighted by Crippen LogP contribution is 2.59. The Morgan fingerprint density at radius 3 is 1.25 bits per heavy atom. The van der Waals surface area contributed by atoms with Gasteiger partial charge in [0.05, 0.1) is 5.66 Å². The third-order valence-corrected chi connectivity index (χ3v) is 9.30. The molecule has 0 bridgehead atoms. The molecule has 0 N–H and O–H groups in total. The number of rotatable bonds is 5. The number of allylic oxidation sites excluding steroid dienone is 2. The maximum absolute atomic E-state index is 2.36. The number of benzene rings is 3. The summed E-state index contributed by atoms with van der Waals surface area (Å²) in [5.41, 5.74) is 0.440. The lowest BCUT2D eigenvalue weighted by molar-refractivity contribution is 1.21. The van der Waals surface area contributed by atoms with Gasteiger partial charge in [0.1, 0.15) is 23.2 Å². The molecule has 1 heteroatoms. The van der Waals surface area contributed by atoms with E-state index in [2.05, 4.69) is 117 Å². The van der Waals surface area contributed by atoms with E-state index in [9.17, 15) is 0 Å². The molecule has 3 aromatic carbocycles. The van der Waals surface area contributed by atoms with Crippen molar-refractivity contribution in [3.8, 4) is 0 Å². The summed E-state index contributed by atoms with van der Waals surface area (Å²) >= 11 is 0. The molecule has 1 unspecified atom stereocenters. The zero-order valence-corrected chi connectivity index (χ0v) is 15.2. The Labute approximate surface area is 146 Å². The molecule has 0 radical (unpaired) electrons. The van der Waals surface area contributed by atoms with E-state index in [-0.39, 0.29) is 0 Å². The van der Waals surface area contributed by atoms with E-state index >= 15 is 0 Å². The maximum Gasteiger partial charge on any atom is 0.118 e. The zero-order valence-electron chi connectivity index (χ0n) is 14.3. The predicted octanol–water partition coefficient (Wildman–Crippen LogP) is 4.95. The van der Waals surface area contributed by atoms with Gasteiger partial charge in [0, 0.05) is 0 Å². The second-order valence-electron chi connectivity index (χ2n) is 6.00. The first-order chi connectivity index (χ1) is 11.8. The molecule has 0 fully saturated rings. The van der Waals surface area contributed by atoms with Crippen molar-refractivity contribution in [2.24, 2.45) is 0 Å². The first-order valence-electron chi connectivity index (χ1n) is 8.48. The highest BCUT2D eigenvalue weighted by molar-refractivity contribution is 7.96. The van der Waals surface area contributed by atoms with E-state index in [0.29, 0.717) is 5.66 Å². The fourth-order valence-electron chi connectivity index (χ4n) is 3.55. The lowest BCUT2D eigenvalue weighted by atomic mass is 10.3. The molecule has 0 spiro atoms. The number of hydrogen-bond donors (Lipinski definition) is 0. The molecule has 3 rings (SSSR count). The van der Waals surface area contributed by atoms with Gasteiger partial charge in [-0.25, -0.2) is 0 Å². The van der Waals surface area contributed by atoms with Gasteiger partial charge in [0.15, 0.2) is 0 Å². The first kappa shape index (κ1) is 16.7. The Kier molecular flexibility index (Phi) is 5.28. The van der Waals surface area contributed by atoms with E-state index in [1.807, 2.05) is 0 Å². The van der Waals surface area contributed by atoms with Crippen molar-refractivity contribution in [1.82, 2.24) is 0 Å². The van der Waals surface area contributed by atoms with Gasteiger partial charge in [-0.2, -0.15) is 0 Å². The molecule has 0 heterocycles. The van der Waals surface area contributed by atoms with Crippen LogP contribution in [0.4, 0.5) is 0 Å². The summed E-state index contributed by atoms with van der Waals surface area (Å²) in [4.78, 5) is 0. The van der Waals surface area contributed by atoms with Gasteiger partial charge < -0.3 is 0 Å². The molecule has 0 aliphatic carbocycles. The third-order valence-electron chi connectivity index (χ3n) is 4.57. The monoisotopic (exact) mass is 331 g/mol. The summed E-state index contributed by atoms with van der Waals surface area (Å²) in [7, 11) is -1.75. The van der Waals surface area contributed by atoms with Crippen LogP contribution in [0.2, 0.25) is 0 Å². The quantitative estimate of drug-likeness (QED) is 0.459. The van der Waals surface area contributed by atoms with Gasteiger partial charge in [-0.05, 0) is 56.3 Å². The second kappa shape index (κ2) is 7.60. The summed E-state index contributed by atoms with van der Waals surface area (Å²) in [5, 5.41) is 4.31. The van der Waals surface area contributed by atoms with Gasteiger partial charge in [-0.1, -0.05) is 60.7 Å². The van der Waals surface area contributed by atoms with Crippen molar-refractivity contribution in [2.75, 3.05) is 0 Å². The molecule has 24 heavy (non-hydrogen) atoms. The fraction of sp³-hybridized carbons (Fsp3) is 0.130. The Morgan fingerprint density at radius 2 is 0.958 bits per heavy atom. The summed E-state index contributed by atoms with van der Waals surface area (Å²) in [6.45, 7) is 4.48. The minimum absolute atomic E-state index is 0.440. The molecule has 0 aromatic heterocycles. The molecule has 0 saturated carbocycles. The van der Waals surface area contributed by atoms with Crippen LogP contribution in [0.5, 0.6) is 0 Å². The highest BCUT2D eigenvalue weighted by atomic mass is 31.2. The average Bonchev–Trinajstić information content (AvgIpc) is 2.65. The summed E-state index contributed by atoms with van der Waals surface area (Å²) in [6, 6.07) is 33.1. The largest absolute Gasteiger partial charge is 0.118 e. The van der Waals surface area contributed by atoms with Crippen LogP contribution in [0.15, 0.2) is 103 Å². The summed E-state index contributed by atoms with van der Waals surface area (Å²) < 4.78 is 0. The molecule has 0 amide bonds. The molecule has 1 atom stereocenters. The van der Waals surface area contributed by atoms with E-state index in [1.165, 1.54) is 15.9 Å². The van der Waals surface area contributed by atoms with Crippen molar-refractivity contribution < 1.29 is 0 Å². The van der Waals surface area contributed by atoms with Gasteiger partial charge in [0.25, 0.3) is 0 Å². The van der Waals surface area contributed by atoms with E-state index in [1.54, 1.807) is 0 Å². The van der Waals surface area contributed by atoms with Crippen molar-refractivity contribution in [1.29, 1.82) is 0 Å². The SMILES string of the molecule is CC=CC(C)[P+](c1ccccc1)(c1ccccc1)c1ccccc1. The van der Waals surface area contributed by atoms with E-state index in [4.69, 9.17) is 0 Å². The lowest BCUT2D eigenvalue weighted by Crippen LogP contribution is -2.36. The van der Waals surface area contributed by atoms with Crippen molar-refractivity contribution in [2.45, 2.75) is 19.5 Å². The van der Waals surface area contributed by atoms with Crippen LogP contribution >= 0.6 is 7.26 Å². The Hall–Kier alpha value is -2.17. The smallest absolute Gasteiger partial charge is 0.0878 e. The Balaban J connectivity index is 2.37. The van der Waals surface area contributed by atoms with E-state index in [0.717, 1.165) is 0 Å². The molecular weight excluding hydrogens is 307 g/mol. The molecule has 120 valence electrons. The molecule has 0 aliphatic heterocycles.